The molecule has 0 spiro atoms. The van der Waals surface area contributed by atoms with E-state index in [2.05, 4.69) is 11.0 Å². The summed E-state index contributed by atoms with van der Waals surface area (Å²) >= 11 is 1.64. The quantitative estimate of drug-likeness (QED) is 0.476. The van der Waals surface area contributed by atoms with E-state index in [9.17, 15) is 4.79 Å². The smallest absolute Gasteiger partial charge is 0.214 e. The van der Waals surface area contributed by atoms with E-state index in [1.807, 2.05) is 30.5 Å². The number of thioether (sulfide) groups is 1. The predicted molar refractivity (Wildman–Crippen MR) is 72.5 cm³/mol. The second-order valence-electron chi connectivity index (χ2n) is 3.28. The lowest BCUT2D eigenvalue weighted by atomic mass is 10.2. The van der Waals surface area contributed by atoms with Gasteiger partial charge in [0.1, 0.15) is 16.9 Å². The first-order valence-corrected chi connectivity index (χ1v) is 7.42. The molecule has 0 amide bonds. The summed E-state index contributed by atoms with van der Waals surface area (Å²) < 4.78 is 5.32. The Labute approximate surface area is 101 Å². The third-order valence-electron chi connectivity index (χ3n) is 2.28. The van der Waals surface area contributed by atoms with Crippen LogP contribution < -0.4 is 5.43 Å². The van der Waals surface area contributed by atoms with E-state index in [1.54, 1.807) is 11.8 Å². The molecule has 0 saturated heterocycles. The van der Waals surface area contributed by atoms with Crippen molar-refractivity contribution in [3.63, 3.8) is 0 Å². The summed E-state index contributed by atoms with van der Waals surface area (Å²) in [6.45, 7) is 3.72. The monoisotopic (exact) mass is 250 g/mol. The Kier molecular flexibility index (Phi) is 3.41. The van der Waals surface area contributed by atoms with E-state index >= 15 is 0 Å². The molecule has 2 rings (SSSR count). The van der Waals surface area contributed by atoms with E-state index in [0.717, 1.165) is 20.7 Å². The first kappa shape index (κ1) is 11.4. The van der Waals surface area contributed by atoms with Crippen LogP contribution >= 0.6 is 22.4 Å². The van der Waals surface area contributed by atoms with Crippen molar-refractivity contribution in [2.24, 2.45) is 0 Å². The maximum Gasteiger partial charge on any atom is 0.214 e. The van der Waals surface area contributed by atoms with Crippen LogP contribution in [0.2, 0.25) is 0 Å². The molecule has 16 heavy (non-hydrogen) atoms. The molecule has 1 unspecified atom stereocenters. The van der Waals surface area contributed by atoms with Crippen LogP contribution in [0.5, 0.6) is 0 Å². The first-order valence-electron chi connectivity index (χ1n) is 4.84. The second kappa shape index (κ2) is 4.80. The van der Waals surface area contributed by atoms with Crippen molar-refractivity contribution < 1.29 is 0 Å². The largest absolute Gasteiger partial charge is 0.287 e. The molecule has 0 aliphatic carbocycles. The summed E-state index contributed by atoms with van der Waals surface area (Å²) in [4.78, 5) is 12.8. The normalized spacial score (nSPS) is 11.7. The standard InChI is InChI=1S/C12H12NOS2/c1-3-6-16-12-5-4-9(15-2)7-10(12)11(14)8-13-16/h3-5,7-8H,1,6H2,2H3/q+1. The molecule has 0 saturated carbocycles. The predicted octanol–water partition coefficient (Wildman–Crippen LogP) is 3.25. The van der Waals surface area contributed by atoms with Crippen molar-refractivity contribution in [2.45, 2.75) is 10.6 Å². The molecule has 1 heterocycles. The van der Waals surface area contributed by atoms with Gasteiger partial charge in [0, 0.05) is 11.0 Å². The Hall–Kier alpha value is -1.13. The minimum absolute atomic E-state index is 0.0127. The van der Waals surface area contributed by atoms with Crippen LogP contribution in [-0.2, 0) is 5.75 Å². The van der Waals surface area contributed by atoms with Gasteiger partial charge in [-0.1, -0.05) is 6.58 Å². The fourth-order valence-corrected chi connectivity index (χ4v) is 3.42. The third kappa shape index (κ3) is 2.03. The van der Waals surface area contributed by atoms with Crippen LogP contribution in [-0.4, -0.2) is 10.6 Å². The summed E-state index contributed by atoms with van der Waals surface area (Å²) in [5.74, 6) is 0.801. The van der Waals surface area contributed by atoms with Gasteiger partial charge in [-0.3, -0.25) is 4.79 Å². The van der Waals surface area contributed by atoms with Crippen molar-refractivity contribution in [3.05, 3.63) is 47.3 Å². The van der Waals surface area contributed by atoms with E-state index in [-0.39, 0.29) is 16.1 Å². The maximum atomic E-state index is 11.7. The molecule has 1 atom stereocenters. The van der Waals surface area contributed by atoms with Crippen molar-refractivity contribution in [1.29, 1.82) is 0 Å². The van der Waals surface area contributed by atoms with Gasteiger partial charge < -0.3 is 0 Å². The van der Waals surface area contributed by atoms with Crippen LogP contribution in [0.15, 0.2) is 46.7 Å². The Morgan fingerprint density at radius 2 is 2.38 bits per heavy atom. The number of aromatic nitrogens is 1. The van der Waals surface area contributed by atoms with E-state index < -0.39 is 0 Å². The molecule has 0 N–H and O–H groups in total. The van der Waals surface area contributed by atoms with Crippen molar-refractivity contribution >= 4 is 32.5 Å². The minimum Gasteiger partial charge on any atom is -0.287 e. The summed E-state index contributed by atoms with van der Waals surface area (Å²) in [5.41, 5.74) is 0.0127. The summed E-state index contributed by atoms with van der Waals surface area (Å²) in [6.07, 6.45) is 5.30. The zero-order valence-electron chi connectivity index (χ0n) is 8.97. The number of fused-ring (bicyclic) bond motifs is 1. The molecule has 82 valence electrons. The fraction of sp³-hybridized carbons (Fsp3) is 0.167. The lowest BCUT2D eigenvalue weighted by Gasteiger charge is -1.97. The third-order valence-corrected chi connectivity index (χ3v) is 4.78. The van der Waals surface area contributed by atoms with Gasteiger partial charge >= 0.3 is 0 Å². The molecule has 4 heteroatoms. The van der Waals surface area contributed by atoms with Gasteiger partial charge in [-0.15, -0.1) is 11.8 Å². The zero-order valence-corrected chi connectivity index (χ0v) is 10.6. The molecule has 0 bridgehead atoms. The van der Waals surface area contributed by atoms with Gasteiger partial charge in [-0.05, 0) is 28.8 Å². The fourth-order valence-electron chi connectivity index (χ4n) is 1.52. The lowest BCUT2D eigenvalue weighted by molar-refractivity contribution is 1.42. The number of hydrogen-bond acceptors (Lipinski definition) is 3. The average molecular weight is 250 g/mol. The summed E-state index contributed by atoms with van der Waals surface area (Å²) in [7, 11) is -0.229. The molecule has 1 aromatic carbocycles. The average Bonchev–Trinajstić information content (AvgIpc) is 2.33. The van der Waals surface area contributed by atoms with Gasteiger partial charge in [-0.25, -0.2) is 0 Å². The highest BCUT2D eigenvalue weighted by Gasteiger charge is 2.13. The number of nitrogens with zero attached hydrogens (tertiary/aromatic N) is 1. The molecule has 0 fully saturated rings. The molecule has 2 aromatic rings. The second-order valence-corrected chi connectivity index (χ2v) is 5.87. The molecule has 0 aliphatic rings. The number of rotatable bonds is 3. The van der Waals surface area contributed by atoms with Crippen LogP contribution in [0.1, 0.15) is 0 Å². The molecule has 2 nitrogen and oxygen atoms in total. The molecule has 1 aromatic heterocycles. The topological polar surface area (TPSA) is 30.0 Å². The summed E-state index contributed by atoms with van der Waals surface area (Å²) in [5, 5.41) is 0.798. The van der Waals surface area contributed by atoms with Crippen LogP contribution in [0, 0.1) is 0 Å². The lowest BCUT2D eigenvalue weighted by Crippen LogP contribution is -2.00. The molecular weight excluding hydrogens is 238 g/mol. The van der Waals surface area contributed by atoms with Gasteiger partial charge in [0.15, 0.2) is 5.75 Å². The Balaban J connectivity index is 2.75. The Morgan fingerprint density at radius 3 is 3.06 bits per heavy atom. The van der Waals surface area contributed by atoms with Gasteiger partial charge in [0.2, 0.25) is 10.1 Å². The number of benzene rings is 1. The van der Waals surface area contributed by atoms with Crippen LogP contribution in [0.4, 0.5) is 0 Å². The Bertz CT molecular complexity index is 589. The van der Waals surface area contributed by atoms with Crippen molar-refractivity contribution in [2.75, 3.05) is 6.26 Å². The molecule has 0 aliphatic heterocycles. The van der Waals surface area contributed by atoms with E-state index in [4.69, 9.17) is 0 Å². The van der Waals surface area contributed by atoms with Gasteiger partial charge in [0.25, 0.3) is 0 Å². The number of hydrogen-bond donors (Lipinski definition) is 0. The molecular formula is C12H12NOS2+. The van der Waals surface area contributed by atoms with Gasteiger partial charge in [0.05, 0.1) is 5.39 Å². The number of allylic oxidation sites excluding steroid dienone is 1. The van der Waals surface area contributed by atoms with Crippen LogP contribution in [0.3, 0.4) is 0 Å². The minimum atomic E-state index is -0.229. The van der Waals surface area contributed by atoms with E-state index in [1.165, 1.54) is 6.20 Å². The highest BCUT2D eigenvalue weighted by atomic mass is 32.2. The highest BCUT2D eigenvalue weighted by molar-refractivity contribution is 7.98. The van der Waals surface area contributed by atoms with Crippen LogP contribution in [0.25, 0.3) is 10.1 Å². The van der Waals surface area contributed by atoms with Crippen molar-refractivity contribution in [1.82, 2.24) is 4.37 Å². The highest BCUT2D eigenvalue weighted by Crippen LogP contribution is 2.28. The maximum absolute atomic E-state index is 11.7. The van der Waals surface area contributed by atoms with Gasteiger partial charge in [-0.2, -0.15) is 0 Å². The summed E-state index contributed by atoms with van der Waals surface area (Å²) in [6, 6.07) is 6.01. The Morgan fingerprint density at radius 1 is 1.56 bits per heavy atom. The first-order chi connectivity index (χ1) is 7.76. The molecule has 0 radical (unpaired) electrons. The zero-order chi connectivity index (χ0) is 11.5. The SMILES string of the molecule is C=CC[s+]1ncc(=O)c2cc(SC)ccc21. The van der Waals surface area contributed by atoms with Crippen molar-refractivity contribution in [3.8, 4) is 0 Å². The van der Waals surface area contributed by atoms with E-state index in [0.29, 0.717) is 0 Å².